The fraction of sp³-hybridized carbons (Fsp3) is 0.375. The van der Waals surface area contributed by atoms with Crippen LogP contribution in [0.2, 0.25) is 0 Å². The van der Waals surface area contributed by atoms with Crippen LogP contribution in [-0.2, 0) is 6.54 Å². The van der Waals surface area contributed by atoms with Crippen molar-refractivity contribution in [3.63, 3.8) is 0 Å². The summed E-state index contributed by atoms with van der Waals surface area (Å²) in [4.78, 5) is 2.81. The van der Waals surface area contributed by atoms with E-state index in [1.54, 1.807) is 0 Å². The molecule has 96 valence electrons. The molecule has 2 aromatic rings. The molecule has 0 aliphatic heterocycles. The van der Waals surface area contributed by atoms with Gasteiger partial charge in [-0.1, -0.05) is 26.0 Å². The molecule has 0 aliphatic carbocycles. The van der Waals surface area contributed by atoms with Crippen molar-refractivity contribution in [3.8, 4) is 0 Å². The summed E-state index contributed by atoms with van der Waals surface area (Å²) < 4.78 is 0. The Bertz CT molecular complexity index is 526. The van der Waals surface area contributed by atoms with Gasteiger partial charge in [0.25, 0.3) is 0 Å². The van der Waals surface area contributed by atoms with E-state index in [4.69, 9.17) is 0 Å². The first kappa shape index (κ1) is 13.2. The fourth-order valence-electron chi connectivity index (χ4n) is 2.06. The molecule has 1 N–H and O–H groups in total. The average molecular weight is 259 g/mol. The van der Waals surface area contributed by atoms with Gasteiger partial charge in [-0.15, -0.1) is 11.3 Å². The van der Waals surface area contributed by atoms with Crippen LogP contribution in [0.25, 0.3) is 0 Å². The molecule has 18 heavy (non-hydrogen) atoms. The molecule has 0 amide bonds. The Morgan fingerprint density at radius 2 is 1.94 bits per heavy atom. The van der Waals surface area contributed by atoms with Gasteiger partial charge in [0, 0.05) is 22.0 Å². The molecule has 0 saturated carbocycles. The van der Waals surface area contributed by atoms with Crippen molar-refractivity contribution in [3.05, 3.63) is 51.2 Å². The van der Waals surface area contributed by atoms with Gasteiger partial charge in [0.05, 0.1) is 0 Å². The molecule has 0 radical (unpaired) electrons. The van der Waals surface area contributed by atoms with Crippen LogP contribution in [0.4, 0.5) is 5.69 Å². The summed E-state index contributed by atoms with van der Waals surface area (Å²) in [5.41, 5.74) is 4.01. The van der Waals surface area contributed by atoms with Crippen LogP contribution in [0.5, 0.6) is 0 Å². The zero-order chi connectivity index (χ0) is 13.1. The molecular weight excluding hydrogens is 238 g/mol. The molecular formula is C16H21NS. The van der Waals surface area contributed by atoms with Gasteiger partial charge in [0.1, 0.15) is 0 Å². The lowest BCUT2D eigenvalue weighted by atomic mass is 10.0. The van der Waals surface area contributed by atoms with E-state index in [9.17, 15) is 0 Å². The van der Waals surface area contributed by atoms with E-state index in [0.29, 0.717) is 5.92 Å². The first-order valence-electron chi connectivity index (χ1n) is 6.46. The highest BCUT2D eigenvalue weighted by molar-refractivity contribution is 7.12. The first-order chi connectivity index (χ1) is 8.56. The highest BCUT2D eigenvalue weighted by Gasteiger charge is 2.03. The summed E-state index contributed by atoms with van der Waals surface area (Å²) in [6.45, 7) is 9.73. The minimum atomic E-state index is 0.580. The maximum absolute atomic E-state index is 3.52. The molecule has 2 heteroatoms. The molecule has 0 atom stereocenters. The molecule has 0 aliphatic rings. The van der Waals surface area contributed by atoms with Crippen LogP contribution in [0.1, 0.15) is 40.6 Å². The van der Waals surface area contributed by atoms with E-state index in [1.165, 1.54) is 26.6 Å². The lowest BCUT2D eigenvalue weighted by molar-refractivity contribution is 0.866. The normalized spacial score (nSPS) is 10.9. The quantitative estimate of drug-likeness (QED) is 0.805. The minimum Gasteiger partial charge on any atom is -0.381 e. The predicted molar refractivity (Wildman–Crippen MR) is 81.7 cm³/mol. The number of rotatable bonds is 4. The smallest absolute Gasteiger partial charge is 0.0411 e. The third-order valence-corrected chi connectivity index (χ3v) is 4.19. The van der Waals surface area contributed by atoms with Gasteiger partial charge in [0.15, 0.2) is 0 Å². The first-order valence-corrected chi connectivity index (χ1v) is 7.27. The highest BCUT2D eigenvalue weighted by Crippen LogP contribution is 2.23. The van der Waals surface area contributed by atoms with Crippen LogP contribution in [0.3, 0.4) is 0 Å². The number of nitrogens with one attached hydrogen (secondary N) is 1. The maximum Gasteiger partial charge on any atom is 0.0411 e. The second-order valence-corrected chi connectivity index (χ2v) is 6.53. The molecule has 0 saturated heterocycles. The molecule has 1 nitrogen and oxygen atoms in total. The summed E-state index contributed by atoms with van der Waals surface area (Å²) in [6.07, 6.45) is 0. The van der Waals surface area contributed by atoms with Crippen molar-refractivity contribution in [2.24, 2.45) is 0 Å². The second kappa shape index (κ2) is 5.57. The summed E-state index contributed by atoms with van der Waals surface area (Å²) in [5.74, 6) is 0.580. The van der Waals surface area contributed by atoms with E-state index in [2.05, 4.69) is 63.3 Å². The van der Waals surface area contributed by atoms with Crippen LogP contribution >= 0.6 is 11.3 Å². The number of benzene rings is 1. The van der Waals surface area contributed by atoms with Crippen molar-refractivity contribution in [1.82, 2.24) is 0 Å². The molecule has 0 bridgehead atoms. The van der Waals surface area contributed by atoms with Crippen LogP contribution in [0, 0.1) is 13.8 Å². The van der Waals surface area contributed by atoms with Crippen molar-refractivity contribution in [2.45, 2.75) is 40.2 Å². The molecule has 1 aromatic heterocycles. The number of anilines is 1. The van der Waals surface area contributed by atoms with E-state index >= 15 is 0 Å². The van der Waals surface area contributed by atoms with E-state index < -0.39 is 0 Å². The van der Waals surface area contributed by atoms with Crippen molar-refractivity contribution in [2.75, 3.05) is 5.32 Å². The predicted octanol–water partition coefficient (Wildman–Crippen LogP) is 5.10. The largest absolute Gasteiger partial charge is 0.381 e. The van der Waals surface area contributed by atoms with E-state index in [-0.39, 0.29) is 0 Å². The third-order valence-electron chi connectivity index (χ3n) is 3.18. The fourth-order valence-corrected chi connectivity index (χ4v) is 3.01. The van der Waals surface area contributed by atoms with E-state index in [1.807, 2.05) is 11.3 Å². The number of thiophene rings is 1. The van der Waals surface area contributed by atoms with Gasteiger partial charge >= 0.3 is 0 Å². The zero-order valence-electron chi connectivity index (χ0n) is 11.6. The van der Waals surface area contributed by atoms with Gasteiger partial charge in [-0.2, -0.15) is 0 Å². The minimum absolute atomic E-state index is 0.580. The lowest BCUT2D eigenvalue weighted by Gasteiger charge is -2.10. The lowest BCUT2D eigenvalue weighted by Crippen LogP contribution is -2.00. The van der Waals surface area contributed by atoms with Crippen molar-refractivity contribution < 1.29 is 0 Å². The Hall–Kier alpha value is -1.28. The Morgan fingerprint density at radius 1 is 1.17 bits per heavy atom. The van der Waals surface area contributed by atoms with Gasteiger partial charge in [-0.3, -0.25) is 0 Å². The van der Waals surface area contributed by atoms with Crippen LogP contribution in [-0.4, -0.2) is 0 Å². The number of hydrogen-bond acceptors (Lipinski definition) is 2. The van der Waals surface area contributed by atoms with Crippen LogP contribution in [0.15, 0.2) is 30.3 Å². The van der Waals surface area contributed by atoms with Gasteiger partial charge < -0.3 is 5.32 Å². The molecule has 1 aromatic carbocycles. The highest BCUT2D eigenvalue weighted by atomic mass is 32.1. The molecule has 0 unspecified atom stereocenters. The average Bonchev–Trinajstić information content (AvgIpc) is 2.65. The summed E-state index contributed by atoms with van der Waals surface area (Å²) >= 11 is 1.87. The van der Waals surface area contributed by atoms with Gasteiger partial charge in [-0.05, 0) is 49.1 Å². The molecule has 0 spiro atoms. The Kier molecular flexibility index (Phi) is 4.07. The van der Waals surface area contributed by atoms with E-state index in [0.717, 1.165) is 6.54 Å². The van der Waals surface area contributed by atoms with Gasteiger partial charge in [0.2, 0.25) is 0 Å². The second-order valence-electron chi connectivity index (χ2n) is 5.07. The summed E-state index contributed by atoms with van der Waals surface area (Å²) in [7, 11) is 0. The Balaban J connectivity index is 2.06. The third kappa shape index (κ3) is 3.14. The SMILES string of the molecule is Cc1cc(CNc2cccc(C(C)C)c2)c(C)s1. The monoisotopic (exact) mass is 259 g/mol. The number of aryl methyl sites for hydroxylation is 2. The molecule has 0 fully saturated rings. The topological polar surface area (TPSA) is 12.0 Å². The van der Waals surface area contributed by atoms with Crippen molar-refractivity contribution in [1.29, 1.82) is 0 Å². The Labute approximate surface area is 114 Å². The Morgan fingerprint density at radius 3 is 2.56 bits per heavy atom. The standard InChI is InChI=1S/C16H21NS/c1-11(2)14-6-5-7-16(9-14)17-10-15-8-12(3)18-13(15)4/h5-9,11,17H,10H2,1-4H3. The maximum atomic E-state index is 3.52. The molecule has 2 rings (SSSR count). The van der Waals surface area contributed by atoms with Gasteiger partial charge in [-0.25, -0.2) is 0 Å². The number of hydrogen-bond donors (Lipinski definition) is 1. The van der Waals surface area contributed by atoms with Crippen molar-refractivity contribution >= 4 is 17.0 Å². The van der Waals surface area contributed by atoms with Crippen LogP contribution < -0.4 is 5.32 Å². The summed E-state index contributed by atoms with van der Waals surface area (Å²) in [5, 5.41) is 3.52. The zero-order valence-corrected chi connectivity index (χ0v) is 12.4. The summed E-state index contributed by atoms with van der Waals surface area (Å²) in [6, 6.07) is 11.0. The molecule has 1 heterocycles.